The lowest BCUT2D eigenvalue weighted by Gasteiger charge is -2.47. The molecule has 1 aromatic rings. The molecule has 0 N–H and O–H groups in total. The van der Waals surface area contributed by atoms with Gasteiger partial charge in [0.15, 0.2) is 5.82 Å². The number of halogens is 1. The summed E-state index contributed by atoms with van der Waals surface area (Å²) in [6.07, 6.45) is 7.43. The molecule has 120 valence electrons. The molecule has 1 aliphatic carbocycles. The summed E-state index contributed by atoms with van der Waals surface area (Å²) in [6.45, 7) is 5.79. The standard InChI is InChI=1S/C16H23FN4O/c17-14-9-18-15(19-10-14)21-7-8-22-16(12-21)3-5-20(6-4-16)11-13-1-2-13/h9-10,13H,1-8,11-12H2. The second kappa shape index (κ2) is 5.74. The first-order valence-corrected chi connectivity index (χ1v) is 8.31. The van der Waals surface area contributed by atoms with Crippen LogP contribution in [0.3, 0.4) is 0 Å². The molecule has 0 atom stereocenters. The van der Waals surface area contributed by atoms with E-state index >= 15 is 0 Å². The Bertz CT molecular complexity index is 511. The minimum atomic E-state index is -0.389. The van der Waals surface area contributed by atoms with Gasteiger partial charge in [0.25, 0.3) is 0 Å². The number of morpholine rings is 1. The summed E-state index contributed by atoms with van der Waals surface area (Å²) in [6, 6.07) is 0. The summed E-state index contributed by atoms with van der Waals surface area (Å²) >= 11 is 0. The van der Waals surface area contributed by atoms with Gasteiger partial charge < -0.3 is 14.5 Å². The lowest BCUT2D eigenvalue weighted by molar-refractivity contribution is -0.0918. The normalized spacial score (nSPS) is 25.6. The molecule has 3 fully saturated rings. The van der Waals surface area contributed by atoms with Crippen LogP contribution in [0.1, 0.15) is 25.7 Å². The maximum Gasteiger partial charge on any atom is 0.225 e. The molecule has 0 amide bonds. The fourth-order valence-corrected chi connectivity index (χ4v) is 3.60. The number of aromatic nitrogens is 2. The average molecular weight is 306 g/mol. The molecule has 0 aromatic carbocycles. The van der Waals surface area contributed by atoms with Crippen LogP contribution in [-0.2, 0) is 4.74 Å². The van der Waals surface area contributed by atoms with Crippen molar-refractivity contribution < 1.29 is 9.13 Å². The number of hydrogen-bond donors (Lipinski definition) is 0. The Morgan fingerprint density at radius 1 is 1.18 bits per heavy atom. The Hall–Kier alpha value is -1.27. The minimum Gasteiger partial charge on any atom is -0.371 e. The maximum absolute atomic E-state index is 13.0. The second-order valence-corrected chi connectivity index (χ2v) is 6.90. The number of hydrogen-bond acceptors (Lipinski definition) is 5. The number of piperidine rings is 1. The van der Waals surface area contributed by atoms with Crippen LogP contribution >= 0.6 is 0 Å². The van der Waals surface area contributed by atoms with E-state index in [4.69, 9.17) is 4.74 Å². The third-order valence-electron chi connectivity index (χ3n) is 5.12. The van der Waals surface area contributed by atoms with Gasteiger partial charge in [-0.25, -0.2) is 14.4 Å². The summed E-state index contributed by atoms with van der Waals surface area (Å²) in [7, 11) is 0. The van der Waals surface area contributed by atoms with Crippen molar-refractivity contribution in [3.63, 3.8) is 0 Å². The summed E-state index contributed by atoms with van der Waals surface area (Å²) in [5, 5.41) is 0. The van der Waals surface area contributed by atoms with Crippen molar-refractivity contribution in [3.05, 3.63) is 18.2 Å². The monoisotopic (exact) mass is 306 g/mol. The molecule has 1 spiro atoms. The second-order valence-electron chi connectivity index (χ2n) is 6.90. The third kappa shape index (κ3) is 3.08. The van der Waals surface area contributed by atoms with Crippen molar-refractivity contribution in [2.45, 2.75) is 31.3 Å². The lowest BCUT2D eigenvalue weighted by Crippen LogP contribution is -2.57. The van der Waals surface area contributed by atoms with E-state index < -0.39 is 0 Å². The third-order valence-corrected chi connectivity index (χ3v) is 5.12. The van der Waals surface area contributed by atoms with Crippen molar-refractivity contribution >= 4 is 5.95 Å². The van der Waals surface area contributed by atoms with E-state index in [9.17, 15) is 4.39 Å². The molecule has 2 aliphatic heterocycles. The Kier molecular flexibility index (Phi) is 3.74. The van der Waals surface area contributed by atoms with E-state index in [0.717, 1.165) is 44.9 Å². The topological polar surface area (TPSA) is 41.5 Å². The zero-order valence-corrected chi connectivity index (χ0v) is 12.9. The van der Waals surface area contributed by atoms with Crippen LogP contribution in [0.25, 0.3) is 0 Å². The number of ether oxygens (including phenoxy) is 1. The first-order valence-electron chi connectivity index (χ1n) is 8.31. The SMILES string of the molecule is Fc1cnc(N2CCOC3(CCN(CC4CC4)CC3)C2)nc1. The number of nitrogens with zero attached hydrogens (tertiary/aromatic N) is 4. The molecule has 1 aromatic heterocycles. The van der Waals surface area contributed by atoms with E-state index in [1.165, 1.54) is 31.8 Å². The zero-order valence-electron chi connectivity index (χ0n) is 12.9. The van der Waals surface area contributed by atoms with Crippen LogP contribution in [0.4, 0.5) is 10.3 Å². The molecule has 5 nitrogen and oxygen atoms in total. The van der Waals surface area contributed by atoms with Crippen molar-refractivity contribution in [1.82, 2.24) is 14.9 Å². The van der Waals surface area contributed by atoms with Crippen LogP contribution in [0.2, 0.25) is 0 Å². The van der Waals surface area contributed by atoms with Crippen LogP contribution in [0, 0.1) is 11.7 Å². The molecule has 0 unspecified atom stereocenters. The Balaban J connectivity index is 1.39. The van der Waals surface area contributed by atoms with Gasteiger partial charge >= 0.3 is 0 Å². The molecular weight excluding hydrogens is 283 g/mol. The number of likely N-dealkylation sites (tertiary alicyclic amines) is 1. The molecule has 3 aliphatic rings. The van der Waals surface area contributed by atoms with Gasteiger partial charge in [0.2, 0.25) is 5.95 Å². The maximum atomic E-state index is 13.0. The molecule has 6 heteroatoms. The van der Waals surface area contributed by atoms with Gasteiger partial charge in [0.05, 0.1) is 31.1 Å². The van der Waals surface area contributed by atoms with Gasteiger partial charge in [0, 0.05) is 26.2 Å². The van der Waals surface area contributed by atoms with Crippen LogP contribution < -0.4 is 4.90 Å². The molecule has 4 rings (SSSR count). The molecule has 2 saturated heterocycles. The predicted molar refractivity (Wildman–Crippen MR) is 81.3 cm³/mol. The van der Waals surface area contributed by atoms with E-state index in [-0.39, 0.29) is 11.4 Å². The van der Waals surface area contributed by atoms with Crippen molar-refractivity contribution in [2.24, 2.45) is 5.92 Å². The van der Waals surface area contributed by atoms with Crippen LogP contribution in [0.15, 0.2) is 12.4 Å². The Morgan fingerprint density at radius 3 is 2.59 bits per heavy atom. The van der Waals surface area contributed by atoms with Crippen LogP contribution in [-0.4, -0.2) is 59.8 Å². The minimum absolute atomic E-state index is 0.0734. The molecule has 1 saturated carbocycles. The highest BCUT2D eigenvalue weighted by Crippen LogP contribution is 2.34. The summed E-state index contributed by atoms with van der Waals surface area (Å²) in [4.78, 5) is 13.0. The van der Waals surface area contributed by atoms with Gasteiger partial charge in [-0.2, -0.15) is 0 Å². The van der Waals surface area contributed by atoms with Gasteiger partial charge in [-0.3, -0.25) is 0 Å². The number of rotatable bonds is 3. The van der Waals surface area contributed by atoms with Crippen molar-refractivity contribution in [3.8, 4) is 0 Å². The number of anilines is 1. The predicted octanol–water partition coefficient (Wildman–Crippen LogP) is 1.70. The molecule has 0 radical (unpaired) electrons. The largest absolute Gasteiger partial charge is 0.371 e. The van der Waals surface area contributed by atoms with Gasteiger partial charge in [-0.05, 0) is 31.6 Å². The molecular formula is C16H23FN4O. The first-order chi connectivity index (χ1) is 10.7. The molecule has 22 heavy (non-hydrogen) atoms. The van der Waals surface area contributed by atoms with Gasteiger partial charge in [0.1, 0.15) is 0 Å². The van der Waals surface area contributed by atoms with E-state index in [1.54, 1.807) is 0 Å². The van der Waals surface area contributed by atoms with Crippen LogP contribution in [0.5, 0.6) is 0 Å². The van der Waals surface area contributed by atoms with Gasteiger partial charge in [-0.1, -0.05) is 0 Å². The quantitative estimate of drug-likeness (QED) is 0.850. The molecule has 0 bridgehead atoms. The van der Waals surface area contributed by atoms with Crippen molar-refractivity contribution in [1.29, 1.82) is 0 Å². The fourth-order valence-electron chi connectivity index (χ4n) is 3.60. The molecule has 3 heterocycles. The zero-order chi connectivity index (χ0) is 15.0. The Labute approximate surface area is 130 Å². The summed E-state index contributed by atoms with van der Waals surface area (Å²) < 4.78 is 19.1. The fraction of sp³-hybridized carbons (Fsp3) is 0.750. The highest BCUT2D eigenvalue weighted by atomic mass is 19.1. The highest BCUT2D eigenvalue weighted by Gasteiger charge is 2.41. The average Bonchev–Trinajstić information content (AvgIpc) is 3.35. The van der Waals surface area contributed by atoms with E-state index in [1.807, 2.05) is 0 Å². The summed E-state index contributed by atoms with van der Waals surface area (Å²) in [5.41, 5.74) is -0.0734. The van der Waals surface area contributed by atoms with Gasteiger partial charge in [-0.15, -0.1) is 0 Å². The first kappa shape index (κ1) is 14.3. The van der Waals surface area contributed by atoms with E-state index in [2.05, 4.69) is 19.8 Å². The summed E-state index contributed by atoms with van der Waals surface area (Å²) in [5.74, 6) is 1.18. The van der Waals surface area contributed by atoms with E-state index in [0.29, 0.717) is 12.6 Å². The lowest BCUT2D eigenvalue weighted by atomic mass is 9.89. The Morgan fingerprint density at radius 2 is 1.91 bits per heavy atom. The smallest absolute Gasteiger partial charge is 0.225 e. The van der Waals surface area contributed by atoms with Crippen molar-refractivity contribution in [2.75, 3.05) is 44.2 Å². The highest BCUT2D eigenvalue weighted by molar-refractivity contribution is 5.30.